The topological polar surface area (TPSA) is 96.5 Å². The van der Waals surface area contributed by atoms with Crippen molar-refractivity contribution in [2.45, 2.75) is 24.6 Å². The van der Waals surface area contributed by atoms with E-state index in [2.05, 4.69) is 30.2 Å². The van der Waals surface area contributed by atoms with Crippen molar-refractivity contribution in [1.29, 1.82) is 0 Å². The van der Waals surface area contributed by atoms with Crippen molar-refractivity contribution in [3.8, 4) is 0 Å². The van der Waals surface area contributed by atoms with Crippen LogP contribution in [0.5, 0.6) is 0 Å². The molecule has 0 saturated carbocycles. The van der Waals surface area contributed by atoms with Crippen LogP contribution in [0.25, 0.3) is 10.9 Å². The van der Waals surface area contributed by atoms with Gasteiger partial charge in [0.15, 0.2) is 0 Å². The molecular formula is C20H18N6OS. The van der Waals surface area contributed by atoms with Gasteiger partial charge in [0.25, 0.3) is 5.56 Å². The molecule has 1 aromatic carbocycles. The number of hydrogen-bond acceptors (Lipinski definition) is 7. The molecule has 140 valence electrons. The Hall–Kier alpha value is -3.26. The van der Waals surface area contributed by atoms with Gasteiger partial charge in [-0.2, -0.15) is 0 Å². The molecule has 0 radical (unpaired) electrons. The second-order valence-electron chi connectivity index (χ2n) is 6.32. The number of benzene rings is 1. The summed E-state index contributed by atoms with van der Waals surface area (Å²) >= 11 is 1.52. The number of pyridine rings is 1. The summed E-state index contributed by atoms with van der Waals surface area (Å²) in [6.07, 6.45) is 1.74. The highest BCUT2D eigenvalue weighted by molar-refractivity contribution is 7.98. The Labute approximate surface area is 165 Å². The van der Waals surface area contributed by atoms with E-state index in [0.29, 0.717) is 23.3 Å². The Kier molecular flexibility index (Phi) is 5.03. The van der Waals surface area contributed by atoms with Gasteiger partial charge in [0.1, 0.15) is 0 Å². The van der Waals surface area contributed by atoms with Crippen LogP contribution >= 0.6 is 11.8 Å². The van der Waals surface area contributed by atoms with E-state index in [9.17, 15) is 4.79 Å². The minimum atomic E-state index is -0.234. The van der Waals surface area contributed by atoms with Gasteiger partial charge >= 0.3 is 0 Å². The molecule has 0 fully saturated rings. The van der Waals surface area contributed by atoms with Crippen LogP contribution in [-0.2, 0) is 5.75 Å². The highest BCUT2D eigenvalue weighted by atomic mass is 32.2. The molecule has 0 unspecified atom stereocenters. The van der Waals surface area contributed by atoms with Crippen molar-refractivity contribution in [3.05, 3.63) is 76.0 Å². The second-order valence-corrected chi connectivity index (χ2v) is 7.32. The molecule has 0 saturated heterocycles. The third kappa shape index (κ3) is 4.17. The summed E-state index contributed by atoms with van der Waals surface area (Å²) in [7, 11) is 0. The molecular weight excluding hydrogens is 372 g/mol. The fourth-order valence-electron chi connectivity index (χ4n) is 2.78. The maximum atomic E-state index is 12.0. The van der Waals surface area contributed by atoms with Crippen LogP contribution in [0, 0.1) is 13.8 Å². The van der Waals surface area contributed by atoms with Crippen LogP contribution in [0.3, 0.4) is 0 Å². The van der Waals surface area contributed by atoms with E-state index in [1.165, 1.54) is 17.8 Å². The number of hydrogen-bond donors (Lipinski definition) is 2. The molecule has 0 aliphatic rings. The van der Waals surface area contributed by atoms with Gasteiger partial charge in [-0.1, -0.05) is 18.2 Å². The number of rotatable bonds is 5. The van der Waals surface area contributed by atoms with E-state index in [0.717, 1.165) is 27.2 Å². The van der Waals surface area contributed by atoms with Crippen LogP contribution in [0.15, 0.2) is 58.5 Å². The lowest BCUT2D eigenvalue weighted by Gasteiger charge is -2.09. The molecule has 4 aromatic rings. The predicted molar refractivity (Wildman–Crippen MR) is 111 cm³/mol. The first kappa shape index (κ1) is 18.1. The molecule has 0 bridgehead atoms. The Morgan fingerprint density at radius 1 is 1.07 bits per heavy atom. The molecule has 0 aliphatic carbocycles. The molecule has 0 spiro atoms. The number of H-pyrrole nitrogens is 1. The monoisotopic (exact) mass is 390 g/mol. The second kappa shape index (κ2) is 7.77. The molecule has 8 heteroatoms. The standard InChI is InChI=1S/C20H18N6OS/c1-12-6-7-15-13(2)22-19(24-16(15)9-12)26-20-23-14(10-17(27)25-20)11-28-18-5-3-4-8-21-18/h3-10H,11H2,1-2H3,(H2,22,23,24,25,26,27). The lowest BCUT2D eigenvalue weighted by atomic mass is 10.1. The molecule has 0 amide bonds. The number of anilines is 2. The summed E-state index contributed by atoms with van der Waals surface area (Å²) in [6.45, 7) is 3.95. The van der Waals surface area contributed by atoms with Gasteiger partial charge in [-0.15, -0.1) is 11.8 Å². The molecule has 0 atom stereocenters. The third-order valence-corrected chi connectivity index (χ3v) is 5.05. The minimum absolute atomic E-state index is 0.234. The maximum absolute atomic E-state index is 12.0. The predicted octanol–water partition coefficient (Wildman–Crippen LogP) is 3.76. The third-order valence-electron chi connectivity index (χ3n) is 4.07. The van der Waals surface area contributed by atoms with Crippen molar-refractivity contribution in [3.63, 3.8) is 0 Å². The first-order chi connectivity index (χ1) is 13.6. The lowest BCUT2D eigenvalue weighted by molar-refractivity contribution is 1.03. The van der Waals surface area contributed by atoms with Crippen molar-refractivity contribution >= 4 is 34.6 Å². The zero-order chi connectivity index (χ0) is 19.5. The average Bonchev–Trinajstić information content (AvgIpc) is 2.66. The van der Waals surface area contributed by atoms with Gasteiger partial charge in [-0.3, -0.25) is 15.1 Å². The summed E-state index contributed by atoms with van der Waals surface area (Å²) in [6, 6.07) is 13.2. The van der Waals surface area contributed by atoms with E-state index in [1.54, 1.807) is 6.20 Å². The van der Waals surface area contributed by atoms with E-state index in [1.807, 2.05) is 50.2 Å². The van der Waals surface area contributed by atoms with Crippen LogP contribution in [0.1, 0.15) is 17.0 Å². The van der Waals surface area contributed by atoms with Gasteiger partial charge < -0.3 is 0 Å². The molecule has 7 nitrogen and oxygen atoms in total. The Bertz CT molecular complexity index is 1190. The van der Waals surface area contributed by atoms with E-state index < -0.39 is 0 Å². The number of aryl methyl sites for hydroxylation is 2. The van der Waals surface area contributed by atoms with Gasteiger partial charge in [0, 0.05) is 23.4 Å². The molecule has 2 N–H and O–H groups in total. The molecule has 28 heavy (non-hydrogen) atoms. The molecule has 3 aromatic heterocycles. The number of nitrogens with one attached hydrogen (secondary N) is 2. The highest BCUT2D eigenvalue weighted by Crippen LogP contribution is 2.21. The molecule has 0 aliphatic heterocycles. The van der Waals surface area contributed by atoms with Gasteiger partial charge in [0.05, 0.1) is 21.9 Å². The smallest absolute Gasteiger partial charge is 0.252 e. The van der Waals surface area contributed by atoms with Crippen LogP contribution in [-0.4, -0.2) is 24.9 Å². The van der Waals surface area contributed by atoms with Crippen molar-refractivity contribution < 1.29 is 0 Å². The van der Waals surface area contributed by atoms with Gasteiger partial charge in [-0.05, 0) is 37.6 Å². The summed E-state index contributed by atoms with van der Waals surface area (Å²) in [5.41, 5.74) is 3.24. The Balaban J connectivity index is 1.58. The van der Waals surface area contributed by atoms with Crippen molar-refractivity contribution in [2.75, 3.05) is 5.32 Å². The normalized spacial score (nSPS) is 10.9. The number of thioether (sulfide) groups is 1. The number of aromatic amines is 1. The number of fused-ring (bicyclic) bond motifs is 1. The summed E-state index contributed by atoms with van der Waals surface area (Å²) in [5.74, 6) is 1.25. The zero-order valence-electron chi connectivity index (χ0n) is 15.4. The first-order valence-electron chi connectivity index (χ1n) is 8.73. The first-order valence-corrected chi connectivity index (χ1v) is 9.71. The number of nitrogens with zero attached hydrogens (tertiary/aromatic N) is 4. The Morgan fingerprint density at radius 2 is 1.96 bits per heavy atom. The van der Waals surface area contributed by atoms with Crippen LogP contribution < -0.4 is 10.9 Å². The van der Waals surface area contributed by atoms with Crippen LogP contribution in [0.2, 0.25) is 0 Å². The van der Waals surface area contributed by atoms with E-state index in [-0.39, 0.29) is 5.56 Å². The van der Waals surface area contributed by atoms with Crippen LogP contribution in [0.4, 0.5) is 11.9 Å². The quantitative estimate of drug-likeness (QED) is 0.501. The van der Waals surface area contributed by atoms with E-state index >= 15 is 0 Å². The fourth-order valence-corrected chi connectivity index (χ4v) is 3.54. The maximum Gasteiger partial charge on any atom is 0.252 e. The van der Waals surface area contributed by atoms with Gasteiger partial charge in [0.2, 0.25) is 11.9 Å². The van der Waals surface area contributed by atoms with E-state index in [4.69, 9.17) is 0 Å². The largest absolute Gasteiger partial charge is 0.294 e. The SMILES string of the molecule is Cc1ccc2c(C)nc(Nc3nc(CSc4ccccn4)cc(=O)[nH]3)nc2c1. The summed E-state index contributed by atoms with van der Waals surface area (Å²) in [5, 5.41) is 4.90. The number of aromatic nitrogens is 5. The van der Waals surface area contributed by atoms with Crippen molar-refractivity contribution in [1.82, 2.24) is 24.9 Å². The molecule has 3 heterocycles. The minimum Gasteiger partial charge on any atom is -0.294 e. The highest BCUT2D eigenvalue weighted by Gasteiger charge is 2.08. The zero-order valence-corrected chi connectivity index (χ0v) is 16.2. The summed E-state index contributed by atoms with van der Waals surface area (Å²) < 4.78 is 0. The Morgan fingerprint density at radius 3 is 2.79 bits per heavy atom. The van der Waals surface area contributed by atoms with Crippen molar-refractivity contribution in [2.24, 2.45) is 0 Å². The average molecular weight is 390 g/mol. The summed E-state index contributed by atoms with van der Waals surface area (Å²) in [4.78, 5) is 32.5. The fraction of sp³-hybridized carbons (Fsp3) is 0.150. The lowest BCUT2D eigenvalue weighted by Crippen LogP contribution is -2.13. The van der Waals surface area contributed by atoms with Gasteiger partial charge in [-0.25, -0.2) is 19.9 Å². The molecule has 4 rings (SSSR count).